The lowest BCUT2D eigenvalue weighted by Gasteiger charge is -2.04. The molecule has 4 rings (SSSR count). The minimum atomic E-state index is 0.616. The van der Waals surface area contributed by atoms with Gasteiger partial charge in [-0.3, -0.25) is 0 Å². The number of thiazole rings is 1. The van der Waals surface area contributed by atoms with E-state index in [-0.39, 0.29) is 0 Å². The summed E-state index contributed by atoms with van der Waals surface area (Å²) in [6.45, 7) is 0.800. The number of benzene rings is 2. The molecule has 2 aromatic carbocycles. The molecule has 0 unspecified atom stereocenters. The Morgan fingerprint density at radius 1 is 1.10 bits per heavy atom. The zero-order valence-electron chi connectivity index (χ0n) is 10.7. The van der Waals surface area contributed by atoms with Crippen molar-refractivity contribution in [2.75, 3.05) is 5.73 Å². The van der Waals surface area contributed by atoms with Crippen molar-refractivity contribution in [1.29, 1.82) is 0 Å². The van der Waals surface area contributed by atoms with Gasteiger partial charge < -0.3 is 10.3 Å². The molecular formula is C15H12N4S. The fourth-order valence-corrected chi connectivity index (χ4v) is 3.22. The molecule has 2 N–H and O–H groups in total. The summed E-state index contributed by atoms with van der Waals surface area (Å²) in [5, 5.41) is 0.616. The van der Waals surface area contributed by atoms with E-state index in [1.807, 2.05) is 30.6 Å². The smallest absolute Gasteiger partial charge is 0.181 e. The maximum absolute atomic E-state index is 5.74. The van der Waals surface area contributed by atoms with Gasteiger partial charge in [0.25, 0.3) is 0 Å². The summed E-state index contributed by atoms with van der Waals surface area (Å²) in [5.74, 6) is 0. The molecular weight excluding hydrogens is 268 g/mol. The average Bonchev–Trinajstić information content (AvgIpc) is 3.02. The number of nitrogen functional groups attached to an aromatic ring is 1. The van der Waals surface area contributed by atoms with Crippen LogP contribution in [0.2, 0.25) is 0 Å². The molecule has 0 radical (unpaired) electrons. The van der Waals surface area contributed by atoms with E-state index in [2.05, 4.69) is 32.7 Å². The maximum Gasteiger partial charge on any atom is 0.181 e. The van der Waals surface area contributed by atoms with Gasteiger partial charge in [-0.1, -0.05) is 29.5 Å². The number of rotatable bonds is 2. The molecule has 0 saturated heterocycles. The van der Waals surface area contributed by atoms with Crippen molar-refractivity contribution < 1.29 is 0 Å². The number of hydrogen-bond acceptors (Lipinski definition) is 4. The molecule has 0 aliphatic heterocycles. The zero-order valence-corrected chi connectivity index (χ0v) is 11.5. The Morgan fingerprint density at radius 3 is 2.95 bits per heavy atom. The molecule has 0 aliphatic carbocycles. The molecule has 0 amide bonds. The van der Waals surface area contributed by atoms with Gasteiger partial charge in [0.1, 0.15) is 0 Å². The van der Waals surface area contributed by atoms with Crippen molar-refractivity contribution in [3.63, 3.8) is 0 Å². The normalized spacial score (nSPS) is 11.4. The van der Waals surface area contributed by atoms with Crippen LogP contribution in [0.3, 0.4) is 0 Å². The van der Waals surface area contributed by atoms with E-state index in [1.54, 1.807) is 0 Å². The zero-order chi connectivity index (χ0) is 13.5. The summed E-state index contributed by atoms with van der Waals surface area (Å²) in [6.07, 6.45) is 1.88. The summed E-state index contributed by atoms with van der Waals surface area (Å²) < 4.78 is 3.28. The molecule has 0 aliphatic rings. The van der Waals surface area contributed by atoms with E-state index >= 15 is 0 Å². The molecule has 5 heteroatoms. The number of aromatic nitrogens is 3. The number of fused-ring (bicyclic) bond motifs is 2. The highest BCUT2D eigenvalue weighted by Crippen LogP contribution is 2.25. The van der Waals surface area contributed by atoms with Crippen molar-refractivity contribution in [3.05, 3.63) is 54.4 Å². The van der Waals surface area contributed by atoms with Gasteiger partial charge in [-0.25, -0.2) is 9.97 Å². The minimum Gasteiger partial charge on any atom is -0.375 e. The third-order valence-electron chi connectivity index (χ3n) is 3.35. The van der Waals surface area contributed by atoms with E-state index in [1.165, 1.54) is 16.9 Å². The number of para-hydroxylation sites is 2. The van der Waals surface area contributed by atoms with Gasteiger partial charge in [-0.15, -0.1) is 0 Å². The summed E-state index contributed by atoms with van der Waals surface area (Å²) in [5.41, 5.74) is 10.1. The van der Waals surface area contributed by atoms with Crippen LogP contribution in [0, 0.1) is 0 Å². The van der Waals surface area contributed by atoms with Gasteiger partial charge in [-0.05, 0) is 29.8 Å². The Hall–Kier alpha value is -2.40. The first-order valence-corrected chi connectivity index (χ1v) is 7.16. The Balaban J connectivity index is 1.76. The van der Waals surface area contributed by atoms with Crippen molar-refractivity contribution >= 4 is 37.7 Å². The van der Waals surface area contributed by atoms with Crippen LogP contribution < -0.4 is 5.73 Å². The molecule has 0 atom stereocenters. The van der Waals surface area contributed by atoms with Crippen molar-refractivity contribution in [3.8, 4) is 0 Å². The first kappa shape index (κ1) is 11.4. The first-order chi connectivity index (χ1) is 9.79. The predicted molar refractivity (Wildman–Crippen MR) is 82.9 cm³/mol. The molecule has 0 spiro atoms. The van der Waals surface area contributed by atoms with Crippen molar-refractivity contribution in [1.82, 2.24) is 14.5 Å². The molecule has 0 bridgehead atoms. The number of nitrogens with two attached hydrogens (primary N) is 1. The van der Waals surface area contributed by atoms with Crippen LogP contribution in [0.1, 0.15) is 5.56 Å². The van der Waals surface area contributed by atoms with Crippen LogP contribution >= 0.6 is 11.3 Å². The molecule has 20 heavy (non-hydrogen) atoms. The lowest BCUT2D eigenvalue weighted by molar-refractivity contribution is 0.826. The number of nitrogens with zero attached hydrogens (tertiary/aromatic N) is 3. The fraction of sp³-hybridized carbons (Fsp3) is 0.0667. The largest absolute Gasteiger partial charge is 0.375 e. The van der Waals surface area contributed by atoms with Crippen LogP contribution in [-0.4, -0.2) is 14.5 Å². The fourth-order valence-electron chi connectivity index (χ4n) is 2.42. The van der Waals surface area contributed by atoms with Crippen LogP contribution in [-0.2, 0) is 6.54 Å². The van der Waals surface area contributed by atoms with Crippen molar-refractivity contribution in [2.45, 2.75) is 6.54 Å². The van der Waals surface area contributed by atoms with E-state index < -0.39 is 0 Å². The SMILES string of the molecule is Nc1nc2ccc(Cn3cnc4ccccc43)cc2s1. The number of hydrogen-bond donors (Lipinski definition) is 1. The van der Waals surface area contributed by atoms with E-state index in [0.29, 0.717) is 5.13 Å². The Kier molecular flexibility index (Phi) is 2.47. The predicted octanol–water partition coefficient (Wildman–Crippen LogP) is 3.28. The Labute approximate surface area is 119 Å². The molecule has 0 fully saturated rings. The number of anilines is 1. The summed E-state index contributed by atoms with van der Waals surface area (Å²) >= 11 is 1.52. The lowest BCUT2D eigenvalue weighted by Crippen LogP contribution is -1.97. The summed E-state index contributed by atoms with van der Waals surface area (Å²) in [4.78, 5) is 8.69. The highest BCUT2D eigenvalue weighted by atomic mass is 32.1. The molecule has 2 aromatic heterocycles. The van der Waals surface area contributed by atoms with Crippen LogP contribution in [0.25, 0.3) is 21.3 Å². The van der Waals surface area contributed by atoms with Crippen LogP contribution in [0.5, 0.6) is 0 Å². The first-order valence-electron chi connectivity index (χ1n) is 6.34. The van der Waals surface area contributed by atoms with Gasteiger partial charge in [0, 0.05) is 6.54 Å². The Bertz CT molecular complexity index is 906. The lowest BCUT2D eigenvalue weighted by atomic mass is 10.2. The van der Waals surface area contributed by atoms with Crippen LogP contribution in [0.15, 0.2) is 48.8 Å². The van der Waals surface area contributed by atoms with E-state index in [9.17, 15) is 0 Å². The van der Waals surface area contributed by atoms with Crippen LogP contribution in [0.4, 0.5) is 5.13 Å². The quantitative estimate of drug-likeness (QED) is 0.613. The third-order valence-corrected chi connectivity index (χ3v) is 4.20. The van der Waals surface area contributed by atoms with E-state index in [0.717, 1.165) is 27.8 Å². The van der Waals surface area contributed by atoms with Gasteiger partial charge in [0.05, 0.1) is 27.6 Å². The van der Waals surface area contributed by atoms with E-state index in [4.69, 9.17) is 5.73 Å². The summed E-state index contributed by atoms with van der Waals surface area (Å²) in [6, 6.07) is 14.4. The highest BCUT2D eigenvalue weighted by molar-refractivity contribution is 7.22. The molecule has 98 valence electrons. The standard InChI is InChI=1S/C15H12N4S/c16-15-18-12-6-5-10(7-14(12)20-15)8-19-9-17-11-3-1-2-4-13(11)19/h1-7,9H,8H2,(H2,16,18). The van der Waals surface area contributed by atoms with Crippen molar-refractivity contribution in [2.24, 2.45) is 0 Å². The second kappa shape index (κ2) is 4.31. The monoisotopic (exact) mass is 280 g/mol. The van der Waals surface area contributed by atoms with Gasteiger partial charge in [0.15, 0.2) is 5.13 Å². The van der Waals surface area contributed by atoms with Gasteiger partial charge in [0.2, 0.25) is 0 Å². The average molecular weight is 280 g/mol. The number of imidazole rings is 1. The molecule has 0 saturated carbocycles. The molecule has 4 aromatic rings. The van der Waals surface area contributed by atoms with Gasteiger partial charge >= 0.3 is 0 Å². The van der Waals surface area contributed by atoms with Gasteiger partial charge in [-0.2, -0.15) is 0 Å². The summed E-state index contributed by atoms with van der Waals surface area (Å²) in [7, 11) is 0. The minimum absolute atomic E-state index is 0.616. The topological polar surface area (TPSA) is 56.7 Å². The third kappa shape index (κ3) is 1.83. The highest BCUT2D eigenvalue weighted by Gasteiger charge is 2.05. The second-order valence-corrected chi connectivity index (χ2v) is 5.78. The maximum atomic E-state index is 5.74. The molecule has 2 heterocycles. The Morgan fingerprint density at radius 2 is 2.00 bits per heavy atom. The molecule has 4 nitrogen and oxygen atoms in total. The second-order valence-electron chi connectivity index (χ2n) is 4.72.